The Morgan fingerprint density at radius 1 is 1.62 bits per heavy atom. The second kappa shape index (κ2) is 3.67. The van der Waals surface area contributed by atoms with Crippen LogP contribution < -0.4 is 11.2 Å². The summed E-state index contributed by atoms with van der Waals surface area (Å²) in [5, 5.41) is 11.9. The van der Waals surface area contributed by atoms with Crippen molar-refractivity contribution in [2.45, 2.75) is 13.0 Å². The minimum absolute atomic E-state index is 0.200. The minimum Gasteiger partial charge on any atom is -0.267 e. The first-order valence-electron chi connectivity index (χ1n) is 3.67. The van der Waals surface area contributed by atoms with Crippen LogP contribution in [-0.4, -0.2) is 14.3 Å². The average Bonchev–Trinajstić information content (AvgIpc) is 2.13. The maximum Gasteiger partial charge on any atom is 0.347 e. The molecule has 0 spiro atoms. The van der Waals surface area contributed by atoms with Gasteiger partial charge in [0.05, 0.1) is 19.0 Å². The molecule has 13 heavy (non-hydrogen) atoms. The summed E-state index contributed by atoms with van der Waals surface area (Å²) in [7, 11) is 1.37. The molecule has 6 heteroatoms. The SMILES string of the molecule is Cn1c(=O)cnn(CCC#N)c1=O. The highest BCUT2D eigenvalue weighted by Gasteiger charge is 2.00. The topological polar surface area (TPSA) is 80.7 Å². The molecule has 0 atom stereocenters. The molecule has 0 saturated carbocycles. The second-order valence-electron chi connectivity index (χ2n) is 2.46. The lowest BCUT2D eigenvalue weighted by Gasteiger charge is -2.01. The van der Waals surface area contributed by atoms with Crippen molar-refractivity contribution >= 4 is 0 Å². The first-order chi connectivity index (χ1) is 6.16. The molecule has 1 rings (SSSR count). The van der Waals surface area contributed by atoms with E-state index < -0.39 is 11.2 Å². The van der Waals surface area contributed by atoms with Crippen LogP contribution in [-0.2, 0) is 13.6 Å². The van der Waals surface area contributed by atoms with Gasteiger partial charge in [-0.3, -0.25) is 9.36 Å². The highest BCUT2D eigenvalue weighted by atomic mass is 16.2. The highest BCUT2D eigenvalue weighted by molar-refractivity contribution is 4.75. The third-order valence-corrected chi connectivity index (χ3v) is 1.58. The van der Waals surface area contributed by atoms with Gasteiger partial charge >= 0.3 is 5.69 Å². The van der Waals surface area contributed by atoms with E-state index in [1.54, 1.807) is 0 Å². The fourth-order valence-corrected chi connectivity index (χ4v) is 0.832. The van der Waals surface area contributed by atoms with Crippen molar-refractivity contribution in [1.29, 1.82) is 5.26 Å². The van der Waals surface area contributed by atoms with Crippen LogP contribution in [0.4, 0.5) is 0 Å². The first-order valence-corrected chi connectivity index (χ1v) is 3.67. The Balaban J connectivity index is 3.13. The molecule has 0 radical (unpaired) electrons. The Kier molecular flexibility index (Phi) is 2.59. The van der Waals surface area contributed by atoms with Gasteiger partial charge in [0.2, 0.25) is 0 Å². The molecule has 0 unspecified atom stereocenters. The van der Waals surface area contributed by atoms with Crippen LogP contribution >= 0.6 is 0 Å². The zero-order valence-electron chi connectivity index (χ0n) is 7.10. The monoisotopic (exact) mass is 180 g/mol. The minimum atomic E-state index is -0.497. The van der Waals surface area contributed by atoms with E-state index >= 15 is 0 Å². The van der Waals surface area contributed by atoms with Crippen LogP contribution in [0.2, 0.25) is 0 Å². The average molecular weight is 180 g/mol. The third kappa shape index (κ3) is 1.82. The van der Waals surface area contributed by atoms with Crippen molar-refractivity contribution in [3.63, 3.8) is 0 Å². The van der Waals surface area contributed by atoms with Crippen LogP contribution in [0.3, 0.4) is 0 Å². The number of hydrogen-bond donors (Lipinski definition) is 0. The fourth-order valence-electron chi connectivity index (χ4n) is 0.832. The third-order valence-electron chi connectivity index (χ3n) is 1.58. The van der Waals surface area contributed by atoms with E-state index in [1.807, 2.05) is 6.07 Å². The van der Waals surface area contributed by atoms with Gasteiger partial charge in [-0.1, -0.05) is 0 Å². The lowest BCUT2D eigenvalue weighted by Crippen LogP contribution is -2.38. The van der Waals surface area contributed by atoms with Crippen molar-refractivity contribution in [3.8, 4) is 6.07 Å². The van der Waals surface area contributed by atoms with E-state index in [2.05, 4.69) is 5.10 Å². The standard InChI is InChI=1S/C7H8N4O2/c1-10-6(12)5-9-11(7(10)13)4-2-3-8/h5H,2,4H2,1H3. The van der Waals surface area contributed by atoms with Crippen molar-refractivity contribution < 1.29 is 0 Å². The molecule has 1 aromatic rings. The lowest BCUT2D eigenvalue weighted by atomic mass is 10.5. The molecular formula is C7H8N4O2. The van der Waals surface area contributed by atoms with Gasteiger partial charge in [-0.25, -0.2) is 9.48 Å². The molecule has 68 valence electrons. The van der Waals surface area contributed by atoms with E-state index in [-0.39, 0.29) is 13.0 Å². The molecule has 0 aliphatic heterocycles. The van der Waals surface area contributed by atoms with Gasteiger partial charge < -0.3 is 0 Å². The number of nitrogens with zero attached hydrogens (tertiary/aromatic N) is 4. The zero-order valence-corrected chi connectivity index (χ0v) is 7.10. The molecule has 0 aliphatic carbocycles. The number of aryl methyl sites for hydroxylation is 1. The number of aromatic nitrogens is 3. The smallest absolute Gasteiger partial charge is 0.267 e. The van der Waals surface area contributed by atoms with Crippen LogP contribution in [0.25, 0.3) is 0 Å². The molecule has 6 nitrogen and oxygen atoms in total. The van der Waals surface area contributed by atoms with E-state index in [4.69, 9.17) is 5.26 Å². The van der Waals surface area contributed by atoms with Gasteiger partial charge in [-0.15, -0.1) is 0 Å². The summed E-state index contributed by atoms with van der Waals surface area (Å²) in [5.74, 6) is 0. The van der Waals surface area contributed by atoms with Crippen molar-refractivity contribution in [2.75, 3.05) is 0 Å². The Morgan fingerprint density at radius 2 is 2.31 bits per heavy atom. The molecule has 0 amide bonds. The first kappa shape index (κ1) is 9.19. The summed E-state index contributed by atoms with van der Waals surface area (Å²) in [5.41, 5.74) is -0.944. The summed E-state index contributed by atoms with van der Waals surface area (Å²) in [6, 6.07) is 1.89. The molecule has 0 saturated heterocycles. The molecule has 0 N–H and O–H groups in total. The molecule has 0 bridgehead atoms. The van der Waals surface area contributed by atoms with Crippen LogP contribution in [0.5, 0.6) is 0 Å². The van der Waals surface area contributed by atoms with E-state index in [0.717, 1.165) is 15.4 Å². The number of rotatable bonds is 2. The Hall–Kier alpha value is -1.90. The lowest BCUT2D eigenvalue weighted by molar-refractivity contribution is 0.527. The molecule has 0 aliphatic rings. The van der Waals surface area contributed by atoms with Gasteiger partial charge in [0.25, 0.3) is 5.56 Å². The normalized spacial score (nSPS) is 9.54. The van der Waals surface area contributed by atoms with Gasteiger partial charge in [0, 0.05) is 7.05 Å². The summed E-state index contributed by atoms with van der Waals surface area (Å²) in [4.78, 5) is 22.1. The van der Waals surface area contributed by atoms with Gasteiger partial charge in [-0.2, -0.15) is 10.4 Å². The Morgan fingerprint density at radius 3 is 2.92 bits per heavy atom. The van der Waals surface area contributed by atoms with E-state index in [1.165, 1.54) is 7.05 Å². The number of hydrogen-bond acceptors (Lipinski definition) is 4. The quantitative estimate of drug-likeness (QED) is 0.575. The highest BCUT2D eigenvalue weighted by Crippen LogP contribution is 1.78. The molecular weight excluding hydrogens is 172 g/mol. The molecule has 1 aromatic heterocycles. The maximum absolute atomic E-state index is 11.2. The summed E-state index contributed by atoms with van der Waals surface area (Å²) >= 11 is 0. The summed E-state index contributed by atoms with van der Waals surface area (Å²) in [6.45, 7) is 0.212. The van der Waals surface area contributed by atoms with Crippen LogP contribution in [0.1, 0.15) is 6.42 Å². The molecule has 0 fully saturated rings. The van der Waals surface area contributed by atoms with Crippen LogP contribution in [0.15, 0.2) is 15.8 Å². The Labute approximate surface area is 73.7 Å². The molecule has 0 aromatic carbocycles. The van der Waals surface area contributed by atoms with Crippen molar-refractivity contribution in [2.24, 2.45) is 7.05 Å². The number of nitriles is 1. The zero-order chi connectivity index (χ0) is 9.84. The maximum atomic E-state index is 11.2. The fraction of sp³-hybridized carbons (Fsp3) is 0.429. The molecule has 1 heterocycles. The summed E-state index contributed by atoms with van der Waals surface area (Å²) < 4.78 is 2.04. The van der Waals surface area contributed by atoms with Crippen LogP contribution in [0, 0.1) is 11.3 Å². The predicted molar refractivity (Wildman–Crippen MR) is 44.0 cm³/mol. The van der Waals surface area contributed by atoms with Crippen molar-refractivity contribution in [1.82, 2.24) is 14.3 Å². The second-order valence-corrected chi connectivity index (χ2v) is 2.46. The van der Waals surface area contributed by atoms with Gasteiger partial charge in [0.15, 0.2) is 0 Å². The Bertz CT molecular complexity index is 451. The predicted octanol–water partition coefficient (Wildman–Crippen LogP) is -1.14. The van der Waals surface area contributed by atoms with E-state index in [0.29, 0.717) is 0 Å². The summed E-state index contributed by atoms with van der Waals surface area (Å²) in [6.07, 6.45) is 1.25. The van der Waals surface area contributed by atoms with Crippen molar-refractivity contribution in [3.05, 3.63) is 27.0 Å². The largest absolute Gasteiger partial charge is 0.347 e. The van der Waals surface area contributed by atoms with Gasteiger partial charge in [0.1, 0.15) is 6.20 Å². The van der Waals surface area contributed by atoms with Gasteiger partial charge in [-0.05, 0) is 0 Å². The van der Waals surface area contributed by atoms with E-state index in [9.17, 15) is 9.59 Å².